The minimum Gasteiger partial charge on any atom is -0.466 e. The molecule has 1 N–H and O–H groups in total. The molecule has 2 aliphatic heterocycles. The number of carbonyl (C=O) groups is 1. The van der Waals surface area contributed by atoms with E-state index in [1.807, 2.05) is 6.92 Å². The highest BCUT2D eigenvalue weighted by Gasteiger charge is 2.72. The van der Waals surface area contributed by atoms with Crippen LogP contribution in [0.5, 0.6) is 0 Å². The number of hydrogen-bond acceptors (Lipinski definition) is 5. The Morgan fingerprint density at radius 3 is 3.10 bits per heavy atom. The Morgan fingerprint density at radius 2 is 2.33 bits per heavy atom. The third-order valence-electron chi connectivity index (χ3n) is 5.82. The van der Waals surface area contributed by atoms with Gasteiger partial charge in [-0.1, -0.05) is 11.6 Å². The molecule has 6 atom stereocenters. The number of aliphatic hydroxyl groups excluding tert-OH is 1. The van der Waals surface area contributed by atoms with Crippen LogP contribution in [0.2, 0.25) is 0 Å². The third kappa shape index (κ3) is 1.60. The fraction of sp³-hybridized carbons (Fsp3) is 0.812. The van der Waals surface area contributed by atoms with E-state index in [1.165, 1.54) is 5.57 Å². The Labute approximate surface area is 124 Å². The van der Waals surface area contributed by atoms with Crippen molar-refractivity contribution in [3.63, 3.8) is 0 Å². The Hall–Kier alpha value is -0.910. The predicted octanol–water partition coefficient (Wildman–Crippen LogP) is 1.26. The van der Waals surface area contributed by atoms with Crippen molar-refractivity contribution in [3.8, 4) is 0 Å². The maximum atomic E-state index is 12.2. The van der Waals surface area contributed by atoms with E-state index < -0.39 is 11.9 Å². The van der Waals surface area contributed by atoms with Gasteiger partial charge in [0, 0.05) is 17.8 Å². The van der Waals surface area contributed by atoms with E-state index in [2.05, 4.69) is 13.0 Å². The minimum absolute atomic E-state index is 0.0619. The number of carbonyl (C=O) groups excluding carboxylic acids is 1. The van der Waals surface area contributed by atoms with E-state index in [1.54, 1.807) is 0 Å². The van der Waals surface area contributed by atoms with Crippen molar-refractivity contribution in [2.45, 2.75) is 38.6 Å². The van der Waals surface area contributed by atoms with Crippen molar-refractivity contribution >= 4 is 5.97 Å². The van der Waals surface area contributed by atoms with Gasteiger partial charge in [0.1, 0.15) is 0 Å². The largest absolute Gasteiger partial charge is 0.466 e. The zero-order chi connectivity index (χ0) is 14.8. The number of rotatable bonds is 2. The lowest BCUT2D eigenvalue weighted by Crippen LogP contribution is -2.54. The molecule has 2 heterocycles. The van der Waals surface area contributed by atoms with Gasteiger partial charge in [-0.2, -0.15) is 0 Å². The topological polar surface area (TPSA) is 65.0 Å². The second kappa shape index (κ2) is 4.31. The summed E-state index contributed by atoms with van der Waals surface area (Å²) in [6, 6.07) is 0. The van der Waals surface area contributed by atoms with Gasteiger partial charge in [-0.15, -0.1) is 0 Å². The summed E-state index contributed by atoms with van der Waals surface area (Å²) in [4.78, 5) is 12.2. The highest BCUT2D eigenvalue weighted by atomic mass is 16.7. The predicted molar refractivity (Wildman–Crippen MR) is 73.2 cm³/mol. The van der Waals surface area contributed by atoms with E-state index in [-0.39, 0.29) is 29.1 Å². The molecule has 5 heteroatoms. The van der Waals surface area contributed by atoms with Crippen molar-refractivity contribution in [1.29, 1.82) is 0 Å². The van der Waals surface area contributed by atoms with Gasteiger partial charge in [-0.3, -0.25) is 4.79 Å². The van der Waals surface area contributed by atoms with Crippen LogP contribution in [-0.4, -0.2) is 42.8 Å². The quantitative estimate of drug-likeness (QED) is 0.613. The van der Waals surface area contributed by atoms with Crippen molar-refractivity contribution in [2.75, 3.05) is 19.8 Å². The van der Waals surface area contributed by atoms with Crippen LogP contribution in [0.3, 0.4) is 0 Å². The fourth-order valence-corrected chi connectivity index (χ4v) is 5.19. The molecule has 0 aromatic rings. The zero-order valence-corrected chi connectivity index (χ0v) is 12.5. The molecule has 0 spiro atoms. The minimum atomic E-state index is -0.635. The van der Waals surface area contributed by atoms with E-state index in [9.17, 15) is 9.90 Å². The van der Waals surface area contributed by atoms with E-state index in [0.29, 0.717) is 26.2 Å². The second-order valence-electron chi connectivity index (χ2n) is 6.94. The summed E-state index contributed by atoms with van der Waals surface area (Å²) < 4.78 is 17.3. The van der Waals surface area contributed by atoms with Gasteiger partial charge < -0.3 is 19.3 Å². The molecule has 116 valence electrons. The second-order valence-corrected chi connectivity index (χ2v) is 6.94. The molecule has 0 unspecified atom stereocenters. The van der Waals surface area contributed by atoms with Crippen molar-refractivity contribution in [2.24, 2.45) is 23.2 Å². The van der Waals surface area contributed by atoms with E-state index >= 15 is 0 Å². The molecule has 4 rings (SSSR count). The van der Waals surface area contributed by atoms with Crippen LogP contribution < -0.4 is 0 Å². The van der Waals surface area contributed by atoms with Gasteiger partial charge in [-0.05, 0) is 26.2 Å². The van der Waals surface area contributed by atoms with Crippen molar-refractivity contribution in [1.82, 2.24) is 0 Å². The Bertz CT molecular complexity index is 515. The molecule has 3 fully saturated rings. The molecule has 0 aromatic carbocycles. The van der Waals surface area contributed by atoms with Gasteiger partial charge in [0.25, 0.3) is 0 Å². The molecule has 2 aliphatic carbocycles. The lowest BCUT2D eigenvalue weighted by atomic mass is 9.64. The SMILES string of the molecule is CCOC(=O)[C@H]1CO[C@@]23CC(C)=C[C@]4(CO2)[C@H](O)C[C@@H]1[C@@H]34. The highest BCUT2D eigenvalue weighted by molar-refractivity contribution is 5.73. The van der Waals surface area contributed by atoms with Crippen molar-refractivity contribution in [3.05, 3.63) is 11.6 Å². The summed E-state index contributed by atoms with van der Waals surface area (Å²) in [6.45, 7) is 5.07. The molecule has 21 heavy (non-hydrogen) atoms. The molecule has 4 aliphatic rings. The fourth-order valence-electron chi connectivity index (χ4n) is 5.19. The first-order valence-corrected chi connectivity index (χ1v) is 7.83. The number of esters is 1. The van der Waals surface area contributed by atoms with Crippen LogP contribution >= 0.6 is 0 Å². The van der Waals surface area contributed by atoms with Crippen LogP contribution in [0, 0.1) is 23.2 Å². The maximum absolute atomic E-state index is 12.2. The zero-order valence-electron chi connectivity index (χ0n) is 12.5. The summed E-state index contributed by atoms with van der Waals surface area (Å²) in [7, 11) is 0. The van der Waals surface area contributed by atoms with Crippen LogP contribution in [0.1, 0.15) is 26.7 Å². The van der Waals surface area contributed by atoms with Gasteiger partial charge in [0.2, 0.25) is 0 Å². The lowest BCUT2D eigenvalue weighted by molar-refractivity contribution is -0.273. The molecule has 2 saturated heterocycles. The van der Waals surface area contributed by atoms with Crippen LogP contribution in [0.25, 0.3) is 0 Å². The summed E-state index contributed by atoms with van der Waals surface area (Å²) in [6.07, 6.45) is 3.07. The Kier molecular flexibility index (Phi) is 2.82. The van der Waals surface area contributed by atoms with E-state index in [4.69, 9.17) is 14.2 Å². The summed E-state index contributed by atoms with van der Waals surface area (Å²) in [5.41, 5.74) is 0.830. The third-order valence-corrected chi connectivity index (χ3v) is 5.82. The summed E-state index contributed by atoms with van der Waals surface area (Å²) in [5.74, 6) is -0.976. The Morgan fingerprint density at radius 1 is 1.52 bits per heavy atom. The molecule has 0 radical (unpaired) electrons. The number of aliphatic hydroxyl groups is 1. The molecule has 5 nitrogen and oxygen atoms in total. The first-order valence-electron chi connectivity index (χ1n) is 7.83. The summed E-state index contributed by atoms with van der Waals surface area (Å²) in [5, 5.41) is 10.7. The highest BCUT2D eigenvalue weighted by Crippen LogP contribution is 2.66. The monoisotopic (exact) mass is 294 g/mol. The standard InChI is InChI=1S/C16H22O5/c1-3-19-14(18)11-7-20-16-6-9(2)5-15(8-21-16)12(17)4-10(11)13(15)16/h5,10-13,17H,3-4,6-8H2,1-2H3/t10-,11-,12+,13+,15-,16-/m0/s1. The maximum Gasteiger partial charge on any atom is 0.311 e. The van der Waals surface area contributed by atoms with Gasteiger partial charge in [0.15, 0.2) is 5.79 Å². The molecule has 1 saturated carbocycles. The number of ether oxygens (including phenoxy) is 3. The molecule has 0 aromatic heterocycles. The van der Waals surface area contributed by atoms with Crippen LogP contribution in [0.4, 0.5) is 0 Å². The van der Waals surface area contributed by atoms with Gasteiger partial charge in [0.05, 0.1) is 31.8 Å². The normalized spacial score (nSPS) is 50.5. The molecular weight excluding hydrogens is 272 g/mol. The van der Waals surface area contributed by atoms with Crippen LogP contribution in [0.15, 0.2) is 11.6 Å². The first kappa shape index (κ1) is 13.7. The molecule has 0 amide bonds. The Balaban J connectivity index is 1.74. The number of hydrogen-bond donors (Lipinski definition) is 1. The lowest BCUT2D eigenvalue weighted by Gasteiger charge is -2.48. The first-order chi connectivity index (χ1) is 10.0. The average Bonchev–Trinajstić information content (AvgIpc) is 2.84. The summed E-state index contributed by atoms with van der Waals surface area (Å²) >= 11 is 0. The smallest absolute Gasteiger partial charge is 0.311 e. The van der Waals surface area contributed by atoms with E-state index in [0.717, 1.165) is 6.42 Å². The average molecular weight is 294 g/mol. The van der Waals surface area contributed by atoms with Gasteiger partial charge >= 0.3 is 5.97 Å². The molecular formula is C16H22O5. The van der Waals surface area contributed by atoms with Gasteiger partial charge in [-0.25, -0.2) is 0 Å². The van der Waals surface area contributed by atoms with Crippen LogP contribution in [-0.2, 0) is 19.0 Å². The van der Waals surface area contributed by atoms with Crippen molar-refractivity contribution < 1.29 is 24.1 Å². The molecule has 2 bridgehead atoms.